The van der Waals surface area contributed by atoms with Gasteiger partial charge in [0.2, 0.25) is 0 Å². The fourth-order valence-corrected chi connectivity index (χ4v) is 6.93. The summed E-state index contributed by atoms with van der Waals surface area (Å²) in [5.41, 5.74) is 7.65. The number of carbonyl (C=O) groups is 1. The second kappa shape index (κ2) is 10.9. The maximum Gasteiger partial charge on any atom is 0.338 e. The third kappa shape index (κ3) is 5.26. The molecule has 0 fully saturated rings. The van der Waals surface area contributed by atoms with E-state index in [9.17, 15) is 17.8 Å². The van der Waals surface area contributed by atoms with E-state index in [4.69, 9.17) is 19.9 Å². The molecule has 2 aromatic heterocycles. The first-order valence-corrected chi connectivity index (χ1v) is 14.0. The van der Waals surface area contributed by atoms with Crippen LogP contribution in [0.15, 0.2) is 58.7 Å². The topological polar surface area (TPSA) is 159 Å². The Hall–Kier alpha value is -3.81. The molecule has 4 aromatic rings. The van der Waals surface area contributed by atoms with Crippen molar-refractivity contribution in [2.75, 3.05) is 20.8 Å². The van der Waals surface area contributed by atoms with Gasteiger partial charge in [-0.2, -0.15) is 8.96 Å². The fraction of sp³-hybridized carbons (Fsp3) is 0.240. The molecule has 2 N–H and O–H groups in total. The molecular formula is C25H26N4O7S2. The molecule has 0 aliphatic rings. The normalized spacial score (nSPS) is 12.3. The monoisotopic (exact) mass is 558 g/mol. The van der Waals surface area contributed by atoms with E-state index in [2.05, 4.69) is 9.97 Å². The van der Waals surface area contributed by atoms with E-state index in [-0.39, 0.29) is 33.7 Å². The van der Waals surface area contributed by atoms with Crippen LogP contribution in [0, 0.1) is 13.8 Å². The summed E-state index contributed by atoms with van der Waals surface area (Å²) in [5, 5.41) is -0.164. The van der Waals surface area contributed by atoms with Crippen molar-refractivity contribution >= 4 is 38.1 Å². The zero-order chi connectivity index (χ0) is 27.6. The first-order chi connectivity index (χ1) is 18.1. The van der Waals surface area contributed by atoms with Gasteiger partial charge in [-0.3, -0.25) is 9.78 Å². The third-order valence-electron chi connectivity index (χ3n) is 5.76. The number of methoxy groups -OCH3 is 2. The molecule has 38 heavy (non-hydrogen) atoms. The van der Waals surface area contributed by atoms with E-state index in [1.54, 1.807) is 32.4 Å². The number of hydrogen-bond acceptors (Lipinski definition) is 9. The van der Waals surface area contributed by atoms with Crippen molar-refractivity contribution in [3.8, 4) is 17.2 Å². The maximum atomic E-state index is 13.9. The van der Waals surface area contributed by atoms with Crippen molar-refractivity contribution in [2.45, 2.75) is 29.7 Å². The number of aryl methyl sites for hydroxylation is 1. The molecule has 4 rings (SSSR count). The number of carbonyl (C=O) groups excluding carboxylic acids is 1. The van der Waals surface area contributed by atoms with Crippen molar-refractivity contribution in [3.63, 3.8) is 0 Å². The smallest absolute Gasteiger partial charge is 0.338 e. The Morgan fingerprint density at radius 3 is 2.39 bits per heavy atom. The maximum absolute atomic E-state index is 13.9. The molecule has 1 unspecified atom stereocenters. The number of fused-ring (bicyclic) bond motifs is 1. The molecule has 200 valence electrons. The second-order valence-corrected chi connectivity index (χ2v) is 11.4. The van der Waals surface area contributed by atoms with Crippen LogP contribution in [-0.4, -0.2) is 53.6 Å². The van der Waals surface area contributed by atoms with Gasteiger partial charge >= 0.3 is 5.16 Å². The standard InChI is InChI=1S/C25H26N4O7S2/c1-15-12-27-21(16(2)24(15)35-4)14-37(31)25-28-20-10-7-18(34-3)11-22(20)29(25)38(32,33)19-8-5-17(6-9-19)36-13-23(26)30/h5-12H,13-14H2,1-4H3,(H2,26,30). The lowest BCUT2D eigenvalue weighted by Gasteiger charge is -2.15. The predicted octanol–water partition coefficient (Wildman–Crippen LogP) is 2.47. The summed E-state index contributed by atoms with van der Waals surface area (Å²) in [6.45, 7) is 3.30. The number of rotatable bonds is 10. The minimum atomic E-state index is -4.28. The quantitative estimate of drug-likeness (QED) is 0.289. The molecule has 0 saturated heterocycles. The lowest BCUT2D eigenvalue weighted by atomic mass is 10.1. The molecule has 13 heteroatoms. The number of nitrogens with two attached hydrogens (primary N) is 1. The molecule has 0 aliphatic heterocycles. The Bertz CT molecular complexity index is 1600. The average molecular weight is 559 g/mol. The van der Waals surface area contributed by atoms with Crippen molar-refractivity contribution in [1.29, 1.82) is 0 Å². The van der Waals surface area contributed by atoms with Gasteiger partial charge in [0.15, 0.2) is 12.4 Å². The number of amides is 1. The molecule has 2 aromatic carbocycles. The van der Waals surface area contributed by atoms with Crippen molar-refractivity contribution in [3.05, 3.63) is 65.5 Å². The van der Waals surface area contributed by atoms with Gasteiger partial charge in [0.1, 0.15) is 17.2 Å². The zero-order valence-corrected chi connectivity index (χ0v) is 22.8. The van der Waals surface area contributed by atoms with Crippen molar-refractivity contribution in [1.82, 2.24) is 13.9 Å². The number of ether oxygens (including phenoxy) is 3. The fourth-order valence-electron chi connectivity index (χ4n) is 3.89. The number of hydrogen-bond donors (Lipinski definition) is 1. The summed E-state index contributed by atoms with van der Waals surface area (Å²) in [6, 6.07) is 10.2. The van der Waals surface area contributed by atoms with Gasteiger partial charge in [-0.25, -0.2) is 8.42 Å². The number of primary amides is 1. The number of aromatic nitrogens is 3. The number of benzene rings is 2. The summed E-state index contributed by atoms with van der Waals surface area (Å²) < 4.78 is 58.3. The van der Waals surface area contributed by atoms with E-state index in [1.165, 1.54) is 37.4 Å². The summed E-state index contributed by atoms with van der Waals surface area (Å²) in [6.07, 6.45) is 1.62. The number of nitrogens with zero attached hydrogens (tertiary/aromatic N) is 3. The van der Waals surface area contributed by atoms with Gasteiger partial charge in [-0.1, -0.05) is 0 Å². The minimum Gasteiger partial charge on any atom is -0.609 e. The molecule has 0 saturated carbocycles. The first-order valence-electron chi connectivity index (χ1n) is 11.3. The highest BCUT2D eigenvalue weighted by Gasteiger charge is 2.32. The van der Waals surface area contributed by atoms with Crippen LogP contribution in [0.2, 0.25) is 0 Å². The van der Waals surface area contributed by atoms with E-state index in [0.29, 0.717) is 28.3 Å². The number of imidazole rings is 1. The third-order valence-corrected chi connectivity index (χ3v) is 8.81. The van der Waals surface area contributed by atoms with Crippen LogP contribution in [0.4, 0.5) is 0 Å². The van der Waals surface area contributed by atoms with Crippen molar-refractivity contribution < 1.29 is 32.0 Å². The first kappa shape index (κ1) is 27.2. The zero-order valence-electron chi connectivity index (χ0n) is 21.1. The molecular weight excluding hydrogens is 532 g/mol. The molecule has 1 amide bonds. The largest absolute Gasteiger partial charge is 0.609 e. The Labute approximate surface area is 222 Å². The average Bonchev–Trinajstić information content (AvgIpc) is 3.29. The van der Waals surface area contributed by atoms with Crippen LogP contribution in [0.5, 0.6) is 17.2 Å². The summed E-state index contributed by atoms with van der Waals surface area (Å²) >= 11 is -1.91. The van der Waals surface area contributed by atoms with Gasteiger partial charge in [0.05, 0.1) is 35.8 Å². The number of pyridine rings is 1. The Morgan fingerprint density at radius 1 is 1.08 bits per heavy atom. The highest BCUT2D eigenvalue weighted by Crippen LogP contribution is 2.32. The lowest BCUT2D eigenvalue weighted by Crippen LogP contribution is -2.21. The van der Waals surface area contributed by atoms with E-state index in [1.807, 2.05) is 6.92 Å². The highest BCUT2D eigenvalue weighted by molar-refractivity contribution is 7.93. The van der Waals surface area contributed by atoms with Gasteiger partial charge < -0.3 is 24.5 Å². The van der Waals surface area contributed by atoms with E-state index in [0.717, 1.165) is 9.54 Å². The van der Waals surface area contributed by atoms with Crippen LogP contribution in [0.3, 0.4) is 0 Å². The minimum absolute atomic E-state index is 0.0850. The molecule has 0 radical (unpaired) electrons. The van der Waals surface area contributed by atoms with Gasteiger partial charge in [-0.05, 0) is 50.2 Å². The van der Waals surface area contributed by atoms with E-state index >= 15 is 0 Å². The van der Waals surface area contributed by atoms with E-state index < -0.39 is 27.1 Å². The van der Waals surface area contributed by atoms with Crippen LogP contribution in [0.25, 0.3) is 11.0 Å². The Kier molecular flexibility index (Phi) is 7.81. The molecule has 2 heterocycles. The second-order valence-electron chi connectivity index (χ2n) is 8.28. The van der Waals surface area contributed by atoms with Gasteiger partial charge in [0, 0.05) is 34.6 Å². The molecule has 1 atom stereocenters. The molecule has 0 spiro atoms. The van der Waals surface area contributed by atoms with Crippen molar-refractivity contribution in [2.24, 2.45) is 5.73 Å². The molecule has 0 bridgehead atoms. The SMILES string of the molecule is COc1ccc2nc([S+]([O-])Cc3ncc(C)c(OC)c3C)n(S(=O)(=O)c3ccc(OCC(N)=O)cc3)c2c1. The lowest BCUT2D eigenvalue weighted by molar-refractivity contribution is -0.119. The van der Waals surface area contributed by atoms with Crippen LogP contribution in [-0.2, 0) is 31.7 Å². The van der Waals surface area contributed by atoms with Crippen LogP contribution < -0.4 is 19.9 Å². The summed E-state index contributed by atoms with van der Waals surface area (Å²) in [7, 11) is -1.28. The Morgan fingerprint density at radius 2 is 1.76 bits per heavy atom. The molecule has 0 aliphatic carbocycles. The highest BCUT2D eigenvalue weighted by atomic mass is 32.2. The Balaban J connectivity index is 1.81. The summed E-state index contributed by atoms with van der Waals surface area (Å²) in [5.74, 6) is 0.541. The van der Waals surface area contributed by atoms with Gasteiger partial charge in [0.25, 0.3) is 15.9 Å². The van der Waals surface area contributed by atoms with Gasteiger partial charge in [-0.15, -0.1) is 0 Å². The predicted molar refractivity (Wildman–Crippen MR) is 140 cm³/mol. The van der Waals surface area contributed by atoms with Crippen LogP contribution in [0.1, 0.15) is 16.8 Å². The van der Waals surface area contributed by atoms with Crippen LogP contribution >= 0.6 is 0 Å². The summed E-state index contributed by atoms with van der Waals surface area (Å²) in [4.78, 5) is 19.7. The molecule has 11 nitrogen and oxygen atoms in total.